The van der Waals surface area contributed by atoms with Crippen LogP contribution < -0.4 is 5.32 Å². The Hall–Kier alpha value is -1.56. The lowest BCUT2D eigenvalue weighted by Gasteiger charge is -2.10. The fourth-order valence-electron chi connectivity index (χ4n) is 2.49. The first-order chi connectivity index (χ1) is 9.93. The largest absolute Gasteiger partial charge is 0.416 e. The van der Waals surface area contributed by atoms with Crippen LogP contribution in [0.4, 0.5) is 23.2 Å². The normalized spacial score (nSPS) is 14.3. The number of alkyl halides is 3. The molecule has 0 spiro atoms. The molecular formula is C15H13F4NS. The molecule has 3 rings (SSSR count). The van der Waals surface area contributed by atoms with Crippen LogP contribution in [0.25, 0.3) is 0 Å². The third-order valence-electron chi connectivity index (χ3n) is 3.55. The first-order valence-electron chi connectivity index (χ1n) is 6.64. The van der Waals surface area contributed by atoms with Gasteiger partial charge in [0.25, 0.3) is 0 Å². The highest BCUT2D eigenvalue weighted by Crippen LogP contribution is 2.33. The van der Waals surface area contributed by atoms with Crippen LogP contribution in [0.3, 0.4) is 0 Å². The number of fused-ring (bicyclic) bond motifs is 1. The highest BCUT2D eigenvalue weighted by molar-refractivity contribution is 7.12. The van der Waals surface area contributed by atoms with Gasteiger partial charge in [0.2, 0.25) is 0 Å². The lowest BCUT2D eigenvalue weighted by molar-refractivity contribution is -0.137. The molecule has 1 aromatic heterocycles. The Morgan fingerprint density at radius 1 is 1.14 bits per heavy atom. The molecular weight excluding hydrogens is 302 g/mol. The van der Waals surface area contributed by atoms with Crippen molar-refractivity contribution < 1.29 is 17.6 Å². The average Bonchev–Trinajstić information content (AvgIpc) is 2.96. The Morgan fingerprint density at radius 2 is 1.95 bits per heavy atom. The van der Waals surface area contributed by atoms with Crippen molar-refractivity contribution in [3.8, 4) is 0 Å². The minimum absolute atomic E-state index is 0.0940. The summed E-state index contributed by atoms with van der Waals surface area (Å²) in [5, 5.41) is 2.86. The van der Waals surface area contributed by atoms with Crippen molar-refractivity contribution in [2.24, 2.45) is 0 Å². The molecule has 0 amide bonds. The van der Waals surface area contributed by atoms with E-state index in [1.807, 2.05) is 0 Å². The van der Waals surface area contributed by atoms with E-state index in [0.29, 0.717) is 12.6 Å². The predicted molar refractivity (Wildman–Crippen MR) is 75.1 cm³/mol. The van der Waals surface area contributed by atoms with Gasteiger partial charge in [-0.05, 0) is 49.1 Å². The van der Waals surface area contributed by atoms with Crippen LogP contribution >= 0.6 is 11.3 Å². The molecule has 6 heteroatoms. The minimum atomic E-state index is -4.52. The van der Waals surface area contributed by atoms with E-state index < -0.39 is 17.6 Å². The van der Waals surface area contributed by atoms with Gasteiger partial charge in [0.05, 0.1) is 11.3 Å². The van der Waals surface area contributed by atoms with E-state index in [2.05, 4.69) is 11.4 Å². The monoisotopic (exact) mass is 315 g/mol. The maximum atomic E-state index is 13.7. The zero-order valence-electron chi connectivity index (χ0n) is 11.1. The summed E-state index contributed by atoms with van der Waals surface area (Å²) in [5.74, 6) is -0.881. The Balaban J connectivity index is 1.70. The van der Waals surface area contributed by atoms with Gasteiger partial charge in [0.15, 0.2) is 0 Å². The molecule has 21 heavy (non-hydrogen) atoms. The van der Waals surface area contributed by atoms with Crippen molar-refractivity contribution in [3.63, 3.8) is 0 Å². The number of halogens is 4. The highest BCUT2D eigenvalue weighted by Gasteiger charge is 2.31. The van der Waals surface area contributed by atoms with E-state index in [-0.39, 0.29) is 5.69 Å². The molecule has 0 unspecified atom stereocenters. The van der Waals surface area contributed by atoms with Crippen molar-refractivity contribution in [3.05, 3.63) is 51.0 Å². The van der Waals surface area contributed by atoms with Gasteiger partial charge in [-0.25, -0.2) is 4.39 Å². The summed E-state index contributed by atoms with van der Waals surface area (Å²) in [5.41, 5.74) is 0.474. The third kappa shape index (κ3) is 3.05. The van der Waals surface area contributed by atoms with Crippen molar-refractivity contribution in [1.29, 1.82) is 0 Å². The summed E-state index contributed by atoms with van der Waals surface area (Å²) < 4.78 is 51.1. The Bertz CT molecular complexity index is 639. The number of benzene rings is 1. The second kappa shape index (κ2) is 5.33. The summed E-state index contributed by atoms with van der Waals surface area (Å²) in [4.78, 5) is 2.46. The standard InChI is InChI=1S/C15H13F4NS/c16-12-7-10(15(17,18)19)4-5-13(12)20-8-11-6-9-2-1-3-14(9)21-11/h4-7,20H,1-3,8H2. The van der Waals surface area contributed by atoms with Crippen molar-refractivity contribution in [2.75, 3.05) is 5.32 Å². The summed E-state index contributed by atoms with van der Waals surface area (Å²) in [6.45, 7) is 0.431. The van der Waals surface area contributed by atoms with Gasteiger partial charge in [-0.1, -0.05) is 0 Å². The third-order valence-corrected chi connectivity index (χ3v) is 4.78. The first kappa shape index (κ1) is 14.4. The summed E-state index contributed by atoms with van der Waals surface area (Å²) >= 11 is 1.69. The molecule has 2 aromatic rings. The van der Waals surface area contributed by atoms with Crippen LogP contribution in [0.1, 0.15) is 27.3 Å². The highest BCUT2D eigenvalue weighted by atomic mass is 32.1. The molecule has 1 aliphatic rings. The molecule has 1 heterocycles. The molecule has 1 N–H and O–H groups in total. The van der Waals surface area contributed by atoms with E-state index >= 15 is 0 Å². The van der Waals surface area contributed by atoms with Gasteiger partial charge in [0, 0.05) is 16.3 Å². The molecule has 0 saturated carbocycles. The predicted octanol–water partition coefficient (Wildman–Crippen LogP) is 5.01. The van der Waals surface area contributed by atoms with Crippen molar-refractivity contribution in [1.82, 2.24) is 0 Å². The van der Waals surface area contributed by atoms with Crippen molar-refractivity contribution >= 4 is 17.0 Å². The van der Waals surface area contributed by atoms with E-state index in [1.165, 1.54) is 16.9 Å². The number of nitrogens with one attached hydrogen (secondary N) is 1. The number of rotatable bonds is 3. The first-order valence-corrected chi connectivity index (χ1v) is 7.46. The second-order valence-corrected chi connectivity index (χ2v) is 6.28. The molecule has 0 radical (unpaired) electrons. The fraction of sp³-hybridized carbons (Fsp3) is 0.333. The second-order valence-electron chi connectivity index (χ2n) is 5.06. The van der Waals surface area contributed by atoms with Crippen LogP contribution in [0.2, 0.25) is 0 Å². The topological polar surface area (TPSA) is 12.0 Å². The van der Waals surface area contributed by atoms with Gasteiger partial charge < -0.3 is 5.32 Å². The molecule has 0 saturated heterocycles. The molecule has 0 bridgehead atoms. The SMILES string of the molecule is Fc1cc(C(F)(F)F)ccc1NCc1cc2c(s1)CCC2. The quantitative estimate of drug-likeness (QED) is 0.785. The van der Waals surface area contributed by atoms with Crippen LogP contribution in [0.15, 0.2) is 24.3 Å². The molecule has 1 nitrogen and oxygen atoms in total. The number of aryl methyl sites for hydroxylation is 2. The molecule has 1 aliphatic carbocycles. The zero-order chi connectivity index (χ0) is 15.0. The summed E-state index contributed by atoms with van der Waals surface area (Å²) in [6, 6.07) is 4.65. The number of anilines is 1. The molecule has 0 atom stereocenters. The van der Waals surface area contributed by atoms with E-state index in [9.17, 15) is 17.6 Å². The van der Waals surface area contributed by atoms with Gasteiger partial charge in [-0.3, -0.25) is 0 Å². The number of hydrogen-bond acceptors (Lipinski definition) is 2. The van der Waals surface area contributed by atoms with Crippen LogP contribution in [0, 0.1) is 5.82 Å². The number of thiophene rings is 1. The Kier molecular flexibility index (Phi) is 3.65. The minimum Gasteiger partial charge on any atom is -0.378 e. The van der Waals surface area contributed by atoms with E-state index in [0.717, 1.165) is 29.9 Å². The van der Waals surface area contributed by atoms with Crippen molar-refractivity contribution in [2.45, 2.75) is 32.0 Å². The smallest absolute Gasteiger partial charge is 0.378 e. The fourth-order valence-corrected chi connectivity index (χ4v) is 3.70. The zero-order valence-corrected chi connectivity index (χ0v) is 11.9. The van der Waals surface area contributed by atoms with E-state index in [1.54, 1.807) is 11.3 Å². The lowest BCUT2D eigenvalue weighted by Crippen LogP contribution is -2.07. The lowest BCUT2D eigenvalue weighted by atomic mass is 10.2. The molecule has 112 valence electrons. The van der Waals surface area contributed by atoms with Crippen LogP contribution in [0.5, 0.6) is 0 Å². The van der Waals surface area contributed by atoms with Gasteiger partial charge >= 0.3 is 6.18 Å². The molecule has 1 aromatic carbocycles. The average molecular weight is 315 g/mol. The van der Waals surface area contributed by atoms with Gasteiger partial charge in [-0.15, -0.1) is 11.3 Å². The molecule has 0 fully saturated rings. The Morgan fingerprint density at radius 3 is 2.62 bits per heavy atom. The number of hydrogen-bond donors (Lipinski definition) is 1. The molecule has 0 aliphatic heterocycles. The van der Waals surface area contributed by atoms with Crippen LogP contribution in [-0.4, -0.2) is 0 Å². The van der Waals surface area contributed by atoms with Gasteiger partial charge in [-0.2, -0.15) is 13.2 Å². The summed E-state index contributed by atoms with van der Waals surface area (Å²) in [6.07, 6.45) is -1.16. The Labute approximate surface area is 123 Å². The summed E-state index contributed by atoms with van der Waals surface area (Å²) in [7, 11) is 0. The van der Waals surface area contributed by atoms with E-state index in [4.69, 9.17) is 0 Å². The maximum Gasteiger partial charge on any atom is 0.416 e. The van der Waals surface area contributed by atoms with Crippen LogP contribution in [-0.2, 0) is 25.6 Å². The van der Waals surface area contributed by atoms with Gasteiger partial charge in [0.1, 0.15) is 5.82 Å². The maximum absolute atomic E-state index is 13.7.